The third-order valence-electron chi connectivity index (χ3n) is 3.08. The molecule has 0 aromatic carbocycles. The summed E-state index contributed by atoms with van der Waals surface area (Å²) in [5, 5.41) is 0. The molecule has 0 amide bonds. The van der Waals surface area contributed by atoms with E-state index in [1.807, 2.05) is 6.92 Å². The first-order valence-electron chi connectivity index (χ1n) is 6.00. The zero-order valence-electron chi connectivity index (χ0n) is 10.2. The van der Waals surface area contributed by atoms with E-state index in [1.54, 1.807) is 0 Å². The van der Waals surface area contributed by atoms with Crippen molar-refractivity contribution in [2.24, 2.45) is 5.92 Å². The molecule has 2 atom stereocenters. The second-order valence-electron chi connectivity index (χ2n) is 4.55. The van der Waals surface area contributed by atoms with Crippen molar-refractivity contribution >= 4 is 5.78 Å². The minimum Gasteiger partial charge on any atom is -0.377 e. The summed E-state index contributed by atoms with van der Waals surface area (Å²) in [4.78, 5) is 14.0. The molecule has 1 saturated heterocycles. The number of rotatable bonds is 4. The fourth-order valence-electron chi connectivity index (χ4n) is 1.83. The second kappa shape index (κ2) is 6.23. The van der Waals surface area contributed by atoms with Crippen molar-refractivity contribution in [1.82, 2.24) is 4.90 Å². The van der Waals surface area contributed by atoms with Gasteiger partial charge in [0.15, 0.2) is 0 Å². The summed E-state index contributed by atoms with van der Waals surface area (Å²) in [6.07, 6.45) is 2.24. The summed E-state index contributed by atoms with van der Waals surface area (Å²) in [6, 6.07) is 0. The van der Waals surface area contributed by atoms with Crippen LogP contribution in [0.4, 0.5) is 0 Å². The standard InChI is InChI=1S/C12H23NO2/c1-4-10(2)12(14)9-13-6-5-7-15-11(3)8-13/h10-11H,4-9H2,1-3H3. The third-order valence-corrected chi connectivity index (χ3v) is 3.08. The molecule has 3 nitrogen and oxygen atoms in total. The van der Waals surface area contributed by atoms with E-state index in [0.717, 1.165) is 32.5 Å². The van der Waals surface area contributed by atoms with E-state index in [0.29, 0.717) is 12.3 Å². The predicted octanol–water partition coefficient (Wildman–Crippen LogP) is 1.71. The third kappa shape index (κ3) is 4.31. The van der Waals surface area contributed by atoms with E-state index in [1.165, 1.54) is 0 Å². The Hall–Kier alpha value is -0.410. The van der Waals surface area contributed by atoms with E-state index in [9.17, 15) is 4.79 Å². The Bertz CT molecular complexity index is 206. The fourth-order valence-corrected chi connectivity index (χ4v) is 1.83. The Kier molecular flexibility index (Phi) is 5.26. The Morgan fingerprint density at radius 3 is 3.00 bits per heavy atom. The van der Waals surface area contributed by atoms with Gasteiger partial charge in [-0.2, -0.15) is 0 Å². The highest BCUT2D eigenvalue weighted by molar-refractivity contribution is 5.82. The summed E-state index contributed by atoms with van der Waals surface area (Å²) in [6.45, 7) is 9.47. The molecule has 2 unspecified atom stereocenters. The molecule has 0 bridgehead atoms. The normalized spacial score (nSPS) is 25.9. The SMILES string of the molecule is CCC(C)C(=O)CN1CCCOC(C)C1. The van der Waals surface area contributed by atoms with Crippen LogP contribution in [0.5, 0.6) is 0 Å². The highest BCUT2D eigenvalue weighted by atomic mass is 16.5. The maximum absolute atomic E-state index is 11.8. The monoisotopic (exact) mass is 213 g/mol. The smallest absolute Gasteiger partial charge is 0.149 e. The lowest BCUT2D eigenvalue weighted by Gasteiger charge is -2.22. The lowest BCUT2D eigenvalue weighted by molar-refractivity contribution is -0.123. The van der Waals surface area contributed by atoms with E-state index < -0.39 is 0 Å². The van der Waals surface area contributed by atoms with Gasteiger partial charge in [-0.05, 0) is 19.8 Å². The molecular formula is C12H23NO2. The topological polar surface area (TPSA) is 29.5 Å². The number of ketones is 1. The second-order valence-corrected chi connectivity index (χ2v) is 4.55. The van der Waals surface area contributed by atoms with Crippen molar-refractivity contribution in [2.75, 3.05) is 26.2 Å². The number of carbonyl (C=O) groups is 1. The van der Waals surface area contributed by atoms with Gasteiger partial charge in [0.05, 0.1) is 12.6 Å². The number of hydrogen-bond acceptors (Lipinski definition) is 3. The fraction of sp³-hybridized carbons (Fsp3) is 0.917. The van der Waals surface area contributed by atoms with Gasteiger partial charge in [0.2, 0.25) is 0 Å². The van der Waals surface area contributed by atoms with Gasteiger partial charge in [0.25, 0.3) is 0 Å². The Balaban J connectivity index is 2.38. The summed E-state index contributed by atoms with van der Waals surface area (Å²) in [7, 11) is 0. The highest BCUT2D eigenvalue weighted by Crippen LogP contribution is 2.08. The number of Topliss-reactive ketones (excluding diaryl/α,β-unsaturated/α-hetero) is 1. The zero-order chi connectivity index (χ0) is 11.3. The molecule has 1 aliphatic rings. The molecule has 0 aromatic rings. The first kappa shape index (κ1) is 12.7. The van der Waals surface area contributed by atoms with Gasteiger partial charge in [0, 0.05) is 25.6 Å². The van der Waals surface area contributed by atoms with Crippen LogP contribution in [0.1, 0.15) is 33.6 Å². The van der Waals surface area contributed by atoms with Crippen molar-refractivity contribution in [1.29, 1.82) is 0 Å². The molecule has 0 aliphatic carbocycles. The Morgan fingerprint density at radius 2 is 2.33 bits per heavy atom. The van der Waals surface area contributed by atoms with Crippen LogP contribution in [-0.4, -0.2) is 43.0 Å². The van der Waals surface area contributed by atoms with Crippen molar-refractivity contribution in [3.8, 4) is 0 Å². The van der Waals surface area contributed by atoms with Crippen LogP contribution in [-0.2, 0) is 9.53 Å². The Morgan fingerprint density at radius 1 is 1.60 bits per heavy atom. The Labute approximate surface area is 92.8 Å². The predicted molar refractivity (Wildman–Crippen MR) is 60.9 cm³/mol. The minimum atomic E-state index is 0.199. The van der Waals surface area contributed by atoms with Crippen LogP contribution in [0.3, 0.4) is 0 Å². The maximum atomic E-state index is 11.8. The first-order valence-corrected chi connectivity index (χ1v) is 6.00. The summed E-state index contributed by atoms with van der Waals surface area (Å²) < 4.78 is 5.55. The van der Waals surface area contributed by atoms with Crippen LogP contribution in [0, 0.1) is 5.92 Å². The molecule has 0 aromatic heterocycles. The molecular weight excluding hydrogens is 190 g/mol. The summed E-state index contributed by atoms with van der Waals surface area (Å²) >= 11 is 0. The van der Waals surface area contributed by atoms with E-state index in [2.05, 4.69) is 18.7 Å². The lowest BCUT2D eigenvalue weighted by atomic mass is 10.0. The zero-order valence-corrected chi connectivity index (χ0v) is 10.2. The molecule has 0 spiro atoms. The number of hydrogen-bond donors (Lipinski definition) is 0. The van der Waals surface area contributed by atoms with E-state index in [-0.39, 0.29) is 12.0 Å². The highest BCUT2D eigenvalue weighted by Gasteiger charge is 2.19. The molecule has 0 N–H and O–H groups in total. The number of nitrogens with zero attached hydrogens (tertiary/aromatic N) is 1. The number of carbonyl (C=O) groups excluding carboxylic acids is 1. The van der Waals surface area contributed by atoms with E-state index in [4.69, 9.17) is 4.74 Å². The minimum absolute atomic E-state index is 0.199. The van der Waals surface area contributed by atoms with Gasteiger partial charge >= 0.3 is 0 Å². The summed E-state index contributed by atoms with van der Waals surface area (Å²) in [5.41, 5.74) is 0. The van der Waals surface area contributed by atoms with Gasteiger partial charge in [-0.25, -0.2) is 0 Å². The van der Waals surface area contributed by atoms with Crippen LogP contribution < -0.4 is 0 Å². The molecule has 15 heavy (non-hydrogen) atoms. The lowest BCUT2D eigenvalue weighted by Crippen LogP contribution is -2.36. The molecule has 1 heterocycles. The average Bonchev–Trinajstić information content (AvgIpc) is 2.41. The largest absolute Gasteiger partial charge is 0.377 e. The van der Waals surface area contributed by atoms with Crippen LogP contribution >= 0.6 is 0 Å². The van der Waals surface area contributed by atoms with Crippen LogP contribution in [0.25, 0.3) is 0 Å². The van der Waals surface area contributed by atoms with Crippen LogP contribution in [0.15, 0.2) is 0 Å². The van der Waals surface area contributed by atoms with Gasteiger partial charge in [-0.1, -0.05) is 13.8 Å². The van der Waals surface area contributed by atoms with Crippen molar-refractivity contribution in [3.05, 3.63) is 0 Å². The summed E-state index contributed by atoms with van der Waals surface area (Å²) in [5.74, 6) is 0.566. The van der Waals surface area contributed by atoms with Gasteiger partial charge in [-0.15, -0.1) is 0 Å². The molecule has 3 heteroatoms. The number of ether oxygens (including phenoxy) is 1. The van der Waals surface area contributed by atoms with Crippen molar-refractivity contribution < 1.29 is 9.53 Å². The average molecular weight is 213 g/mol. The van der Waals surface area contributed by atoms with Gasteiger partial charge < -0.3 is 4.74 Å². The van der Waals surface area contributed by atoms with Crippen molar-refractivity contribution in [2.45, 2.75) is 39.7 Å². The molecule has 88 valence electrons. The van der Waals surface area contributed by atoms with Crippen molar-refractivity contribution in [3.63, 3.8) is 0 Å². The molecule has 1 fully saturated rings. The molecule has 1 rings (SSSR count). The van der Waals surface area contributed by atoms with Crippen LogP contribution in [0.2, 0.25) is 0 Å². The maximum Gasteiger partial charge on any atom is 0.149 e. The quantitative estimate of drug-likeness (QED) is 0.712. The van der Waals surface area contributed by atoms with Gasteiger partial charge in [0.1, 0.15) is 5.78 Å². The molecule has 0 radical (unpaired) electrons. The van der Waals surface area contributed by atoms with Gasteiger partial charge in [-0.3, -0.25) is 9.69 Å². The van der Waals surface area contributed by atoms with E-state index >= 15 is 0 Å². The first-order chi connectivity index (χ1) is 7.13. The molecule has 0 saturated carbocycles. The molecule has 1 aliphatic heterocycles.